The van der Waals surface area contributed by atoms with Gasteiger partial charge in [0.1, 0.15) is 17.3 Å². The van der Waals surface area contributed by atoms with Crippen molar-refractivity contribution in [3.63, 3.8) is 0 Å². The Hall–Kier alpha value is -3.03. The lowest BCUT2D eigenvalue weighted by Crippen LogP contribution is -2.32. The molecule has 1 heterocycles. The van der Waals surface area contributed by atoms with Crippen LogP contribution in [0.1, 0.15) is 31.0 Å². The minimum absolute atomic E-state index is 0.0125. The summed E-state index contributed by atoms with van der Waals surface area (Å²) in [7, 11) is 2.98. The Morgan fingerprint density at radius 1 is 1.15 bits per heavy atom. The van der Waals surface area contributed by atoms with Crippen molar-refractivity contribution in [1.82, 2.24) is 4.90 Å². The van der Waals surface area contributed by atoms with Crippen LogP contribution in [0, 0.1) is 5.92 Å². The van der Waals surface area contributed by atoms with Crippen LogP contribution in [0.15, 0.2) is 48.0 Å². The van der Waals surface area contributed by atoms with E-state index in [0.717, 1.165) is 0 Å². The fourth-order valence-corrected chi connectivity index (χ4v) is 3.84. The second-order valence-electron chi connectivity index (χ2n) is 8.11. The summed E-state index contributed by atoms with van der Waals surface area (Å²) in [6.45, 7) is 5.04. The molecule has 33 heavy (non-hydrogen) atoms. The van der Waals surface area contributed by atoms with Crippen LogP contribution < -0.4 is 9.47 Å². The highest BCUT2D eigenvalue weighted by Crippen LogP contribution is 2.41. The first kappa shape index (κ1) is 24.6. The molecule has 176 valence electrons. The van der Waals surface area contributed by atoms with Crippen molar-refractivity contribution in [2.45, 2.75) is 19.9 Å². The van der Waals surface area contributed by atoms with Crippen LogP contribution >= 0.6 is 11.6 Å². The Kier molecular flexibility index (Phi) is 8.00. The average molecular weight is 474 g/mol. The number of halogens is 1. The normalized spacial score (nSPS) is 17.6. The highest BCUT2D eigenvalue weighted by molar-refractivity contribution is 6.46. The molecule has 2 aromatic rings. The fourth-order valence-electron chi connectivity index (χ4n) is 3.65. The zero-order valence-electron chi connectivity index (χ0n) is 19.1. The van der Waals surface area contributed by atoms with Crippen LogP contribution in [0.2, 0.25) is 5.02 Å². The molecule has 0 bridgehead atoms. The topological polar surface area (TPSA) is 85.3 Å². The van der Waals surface area contributed by atoms with Crippen molar-refractivity contribution in [3.8, 4) is 11.5 Å². The van der Waals surface area contributed by atoms with Gasteiger partial charge in [0.25, 0.3) is 11.7 Å². The SMILES string of the molecule is COCCN1C(=O)C(=O)/C(=C(\O)c2ccc(Cl)c(OC)c2)C1c1cccc(OCC(C)C)c1. The molecule has 0 radical (unpaired) electrons. The largest absolute Gasteiger partial charge is 0.507 e. The first-order valence-electron chi connectivity index (χ1n) is 10.6. The van der Waals surface area contributed by atoms with Gasteiger partial charge in [-0.1, -0.05) is 37.6 Å². The number of amides is 1. The highest BCUT2D eigenvalue weighted by Gasteiger charge is 2.46. The van der Waals surface area contributed by atoms with E-state index in [1.165, 1.54) is 25.2 Å². The summed E-state index contributed by atoms with van der Waals surface area (Å²) in [6.07, 6.45) is 0. The Morgan fingerprint density at radius 2 is 1.91 bits per heavy atom. The summed E-state index contributed by atoms with van der Waals surface area (Å²) in [5.41, 5.74) is 0.953. The number of carbonyl (C=O) groups excluding carboxylic acids is 2. The van der Waals surface area contributed by atoms with E-state index >= 15 is 0 Å². The van der Waals surface area contributed by atoms with Crippen molar-refractivity contribution in [2.24, 2.45) is 5.92 Å². The third-order valence-corrected chi connectivity index (χ3v) is 5.57. The zero-order chi connectivity index (χ0) is 24.1. The van der Waals surface area contributed by atoms with Gasteiger partial charge in [-0.05, 0) is 41.8 Å². The van der Waals surface area contributed by atoms with E-state index in [0.29, 0.717) is 40.2 Å². The standard InChI is InChI=1S/C25H28ClNO6/c1-15(2)14-33-18-7-5-6-16(12-18)22-21(24(29)25(30)27(22)10-11-31-3)23(28)17-8-9-19(26)20(13-17)32-4/h5-9,12-13,15,22,28H,10-11,14H2,1-4H3/b23-21-. The molecule has 1 fully saturated rings. The Bertz CT molecular complexity index is 1060. The van der Waals surface area contributed by atoms with Crippen molar-refractivity contribution < 1.29 is 28.9 Å². The monoisotopic (exact) mass is 473 g/mol. The van der Waals surface area contributed by atoms with Crippen LogP contribution in [0.4, 0.5) is 0 Å². The minimum atomic E-state index is -0.801. The summed E-state index contributed by atoms with van der Waals surface area (Å²) >= 11 is 6.11. The number of Topliss-reactive ketones (excluding diaryl/α,β-unsaturated/α-hetero) is 1. The van der Waals surface area contributed by atoms with E-state index < -0.39 is 17.7 Å². The van der Waals surface area contributed by atoms with Gasteiger partial charge >= 0.3 is 0 Å². The first-order chi connectivity index (χ1) is 15.8. The molecule has 2 aromatic carbocycles. The first-order valence-corrected chi connectivity index (χ1v) is 11.0. The van der Waals surface area contributed by atoms with E-state index in [1.54, 1.807) is 30.3 Å². The summed E-state index contributed by atoms with van der Waals surface area (Å²) < 4.78 is 16.2. The van der Waals surface area contributed by atoms with Gasteiger partial charge in [-0.3, -0.25) is 9.59 Å². The van der Waals surface area contributed by atoms with Crippen LogP contribution in [0.25, 0.3) is 5.76 Å². The quantitative estimate of drug-likeness (QED) is 0.329. The number of benzene rings is 2. The minimum Gasteiger partial charge on any atom is -0.507 e. The number of nitrogens with zero attached hydrogens (tertiary/aromatic N) is 1. The molecule has 1 atom stereocenters. The Labute approximate surface area is 198 Å². The number of hydrogen-bond acceptors (Lipinski definition) is 6. The molecule has 0 aromatic heterocycles. The summed E-state index contributed by atoms with van der Waals surface area (Å²) in [5, 5.41) is 11.5. The molecule has 1 saturated heterocycles. The van der Waals surface area contributed by atoms with E-state index in [4.69, 9.17) is 25.8 Å². The van der Waals surface area contributed by atoms with Gasteiger partial charge in [0, 0.05) is 19.2 Å². The van der Waals surface area contributed by atoms with Crippen LogP contribution in [-0.4, -0.2) is 55.7 Å². The Balaban J connectivity index is 2.13. The van der Waals surface area contributed by atoms with Crippen molar-refractivity contribution in [3.05, 3.63) is 64.2 Å². The van der Waals surface area contributed by atoms with E-state index in [2.05, 4.69) is 0 Å². The summed E-state index contributed by atoms with van der Waals surface area (Å²) in [4.78, 5) is 27.4. The number of ether oxygens (including phenoxy) is 3. The predicted molar refractivity (Wildman–Crippen MR) is 126 cm³/mol. The lowest BCUT2D eigenvalue weighted by Gasteiger charge is -2.25. The fraction of sp³-hybridized carbons (Fsp3) is 0.360. The number of rotatable bonds is 9. The lowest BCUT2D eigenvalue weighted by atomic mass is 9.95. The highest BCUT2D eigenvalue weighted by atomic mass is 35.5. The maximum absolute atomic E-state index is 13.1. The maximum atomic E-state index is 13.1. The van der Waals surface area contributed by atoms with Gasteiger partial charge in [-0.15, -0.1) is 0 Å². The van der Waals surface area contributed by atoms with Gasteiger partial charge in [0.05, 0.1) is 37.0 Å². The molecule has 3 rings (SSSR count). The van der Waals surface area contributed by atoms with Gasteiger partial charge < -0.3 is 24.2 Å². The second-order valence-corrected chi connectivity index (χ2v) is 8.52. The average Bonchev–Trinajstić information content (AvgIpc) is 3.06. The molecule has 0 aliphatic carbocycles. The third kappa shape index (κ3) is 5.31. The second kappa shape index (κ2) is 10.7. The van der Waals surface area contributed by atoms with Crippen molar-refractivity contribution in [1.29, 1.82) is 0 Å². The number of carbonyl (C=O) groups is 2. The lowest BCUT2D eigenvalue weighted by molar-refractivity contribution is -0.140. The molecule has 0 spiro atoms. The number of likely N-dealkylation sites (tertiary alicyclic amines) is 1. The number of hydrogen-bond donors (Lipinski definition) is 1. The third-order valence-electron chi connectivity index (χ3n) is 5.26. The number of aliphatic hydroxyl groups excluding tert-OH is 1. The van der Waals surface area contributed by atoms with Gasteiger partial charge in [-0.25, -0.2) is 0 Å². The number of aliphatic hydroxyl groups is 1. The van der Waals surface area contributed by atoms with E-state index in [1.807, 2.05) is 19.9 Å². The maximum Gasteiger partial charge on any atom is 0.295 e. The molecule has 1 unspecified atom stereocenters. The predicted octanol–water partition coefficient (Wildman–Crippen LogP) is 4.45. The summed E-state index contributed by atoms with van der Waals surface area (Å²) in [6, 6.07) is 11.1. The van der Waals surface area contributed by atoms with Crippen LogP contribution in [0.5, 0.6) is 11.5 Å². The zero-order valence-corrected chi connectivity index (χ0v) is 19.9. The molecule has 1 amide bonds. The van der Waals surface area contributed by atoms with Gasteiger partial charge in [0.15, 0.2) is 0 Å². The van der Waals surface area contributed by atoms with Gasteiger partial charge in [-0.2, -0.15) is 0 Å². The van der Waals surface area contributed by atoms with Crippen molar-refractivity contribution in [2.75, 3.05) is 34.0 Å². The van der Waals surface area contributed by atoms with E-state index in [9.17, 15) is 14.7 Å². The Morgan fingerprint density at radius 3 is 2.58 bits per heavy atom. The number of methoxy groups -OCH3 is 2. The molecule has 1 aliphatic heterocycles. The molecule has 1 aliphatic rings. The summed E-state index contributed by atoms with van der Waals surface area (Å²) in [5.74, 6) is -0.478. The molecule has 8 heteroatoms. The van der Waals surface area contributed by atoms with Gasteiger partial charge in [0.2, 0.25) is 0 Å². The van der Waals surface area contributed by atoms with Crippen LogP contribution in [0.3, 0.4) is 0 Å². The number of ketones is 1. The molecule has 1 N–H and O–H groups in total. The van der Waals surface area contributed by atoms with E-state index in [-0.39, 0.29) is 24.5 Å². The molecule has 0 saturated carbocycles. The van der Waals surface area contributed by atoms with Crippen molar-refractivity contribution >= 4 is 29.1 Å². The molecular weight excluding hydrogens is 446 g/mol. The smallest absolute Gasteiger partial charge is 0.295 e. The molecule has 7 nitrogen and oxygen atoms in total. The molecular formula is C25H28ClNO6. The van der Waals surface area contributed by atoms with Crippen LogP contribution in [-0.2, 0) is 14.3 Å².